The molecule has 0 bridgehead atoms. The van der Waals surface area contributed by atoms with Crippen LogP contribution < -0.4 is 10.2 Å². The van der Waals surface area contributed by atoms with Gasteiger partial charge in [-0.1, -0.05) is 23.7 Å². The third-order valence-corrected chi connectivity index (χ3v) is 5.94. The summed E-state index contributed by atoms with van der Waals surface area (Å²) in [5.41, 5.74) is 5.64. The molecule has 0 aliphatic carbocycles. The molecule has 0 aliphatic rings. The fourth-order valence-corrected chi connectivity index (χ4v) is 3.80. The maximum atomic E-state index is 13.6. The molecule has 40 heavy (non-hydrogen) atoms. The Morgan fingerprint density at radius 1 is 0.950 bits per heavy atom. The van der Waals surface area contributed by atoms with E-state index in [9.17, 15) is 18.8 Å². The highest BCUT2D eigenvalue weighted by atomic mass is 35.5. The van der Waals surface area contributed by atoms with E-state index >= 15 is 0 Å². The van der Waals surface area contributed by atoms with E-state index in [0.717, 1.165) is 28.1 Å². The Labute approximate surface area is 232 Å². The number of anilines is 2. The van der Waals surface area contributed by atoms with Crippen molar-refractivity contribution in [1.82, 2.24) is 9.38 Å². The molecule has 0 unspecified atom stereocenters. The van der Waals surface area contributed by atoms with Gasteiger partial charge >= 0.3 is 11.9 Å². The number of benzene rings is 2. The number of carbonyl (C=O) groups excluding carboxylic acids is 1. The lowest BCUT2D eigenvalue weighted by molar-refractivity contribution is -0.165. The third-order valence-electron chi connectivity index (χ3n) is 5.65. The second kappa shape index (κ2) is 12.6. The molecule has 0 spiro atoms. The molecule has 11 nitrogen and oxygen atoms in total. The topological polar surface area (TPSA) is 165 Å². The predicted octanol–water partition coefficient (Wildman–Crippen LogP) is 3.36. The van der Waals surface area contributed by atoms with Crippen molar-refractivity contribution in [1.29, 1.82) is 0 Å². The summed E-state index contributed by atoms with van der Waals surface area (Å²) >= 11 is 5.98. The summed E-state index contributed by atoms with van der Waals surface area (Å²) in [5, 5.41) is 35.4. The predicted molar refractivity (Wildman–Crippen MR) is 147 cm³/mol. The lowest BCUT2D eigenvalue weighted by atomic mass is 10.1. The number of aliphatic carboxylic acids is 2. The number of pyridine rings is 1. The number of nitrogens with zero attached hydrogens (tertiary/aromatic N) is 3. The summed E-state index contributed by atoms with van der Waals surface area (Å²) < 4.78 is 15.5. The highest BCUT2D eigenvalue weighted by molar-refractivity contribution is 6.31. The number of imidazole rings is 1. The van der Waals surface area contributed by atoms with Crippen LogP contribution >= 0.6 is 11.6 Å². The van der Waals surface area contributed by atoms with Gasteiger partial charge in [0.1, 0.15) is 5.82 Å². The smallest absolute Gasteiger partial charge is 0.335 e. The molecule has 4 rings (SSSR count). The molecule has 2 heterocycles. The van der Waals surface area contributed by atoms with Crippen molar-refractivity contribution in [3.63, 3.8) is 0 Å². The van der Waals surface area contributed by atoms with Crippen LogP contribution in [0.25, 0.3) is 28.0 Å². The number of hydrogen-bond donors (Lipinski definition) is 5. The highest BCUT2D eigenvalue weighted by Crippen LogP contribution is 2.32. The molecule has 2 aromatic heterocycles. The minimum absolute atomic E-state index is 0.0416. The van der Waals surface area contributed by atoms with E-state index in [-0.39, 0.29) is 10.9 Å². The Morgan fingerprint density at radius 2 is 1.52 bits per heavy atom. The Kier molecular flexibility index (Phi) is 9.43. The Hall–Kier alpha value is -4.52. The largest absolute Gasteiger partial charge is 0.479 e. The van der Waals surface area contributed by atoms with Crippen molar-refractivity contribution in [2.45, 2.75) is 19.1 Å². The van der Waals surface area contributed by atoms with Gasteiger partial charge in [0.2, 0.25) is 5.91 Å². The monoisotopic (exact) mass is 572 g/mol. The number of carboxylic acids is 2. The minimum atomic E-state index is -2.27. The normalized spacial score (nSPS) is 12.2. The summed E-state index contributed by atoms with van der Waals surface area (Å²) in [6.45, 7) is 1.46. The molecule has 4 aromatic rings. The first kappa shape index (κ1) is 30.0. The summed E-state index contributed by atoms with van der Waals surface area (Å²) in [7, 11) is 3.98. The number of aliphatic hydroxyl groups excluding tert-OH is 2. The molecule has 0 saturated heterocycles. The average molecular weight is 573 g/mol. The lowest BCUT2D eigenvalue weighted by Crippen LogP contribution is -2.39. The molecule has 0 aliphatic heterocycles. The number of rotatable bonds is 7. The van der Waals surface area contributed by atoms with E-state index in [1.807, 2.05) is 59.9 Å². The standard InChI is InChI=1S/C23H20ClFN4O.C4H6O6/c1-14(30)27-21-11-17(15-4-7-18(8-5-15)28(2)3)13-29-22(12-26-23(21)29)16-6-9-20(25)19(24)10-16;5-1(3(7)8)2(6)4(9)10/h4-13H,1-3H3,(H,27,30);1-2,5-6H,(H,7,8)(H,9,10)/t;1-,2-/m.1/s1. The van der Waals surface area contributed by atoms with Gasteiger partial charge in [-0.2, -0.15) is 0 Å². The van der Waals surface area contributed by atoms with Crippen LogP contribution in [0.1, 0.15) is 6.92 Å². The third kappa shape index (κ3) is 6.91. The first-order chi connectivity index (χ1) is 18.8. The van der Waals surface area contributed by atoms with Gasteiger partial charge in [-0.25, -0.2) is 19.0 Å². The van der Waals surface area contributed by atoms with Crippen LogP contribution in [0, 0.1) is 5.82 Å². The number of aromatic nitrogens is 2. The zero-order valence-corrected chi connectivity index (χ0v) is 22.3. The Bertz CT molecular complexity index is 1540. The van der Waals surface area contributed by atoms with Gasteiger partial charge in [0, 0.05) is 44.0 Å². The number of fused-ring (bicyclic) bond motifs is 1. The van der Waals surface area contributed by atoms with E-state index in [2.05, 4.69) is 10.3 Å². The summed E-state index contributed by atoms with van der Waals surface area (Å²) in [6, 6.07) is 14.6. The molecule has 5 N–H and O–H groups in total. The van der Waals surface area contributed by atoms with Gasteiger partial charge in [-0.15, -0.1) is 0 Å². The van der Waals surface area contributed by atoms with E-state index < -0.39 is 30.0 Å². The molecule has 1 amide bonds. The minimum Gasteiger partial charge on any atom is -0.479 e. The number of aliphatic hydroxyl groups is 2. The van der Waals surface area contributed by atoms with Gasteiger partial charge in [-0.3, -0.25) is 9.20 Å². The van der Waals surface area contributed by atoms with Crippen LogP contribution in [0.5, 0.6) is 0 Å². The van der Waals surface area contributed by atoms with Gasteiger partial charge in [0.15, 0.2) is 17.9 Å². The van der Waals surface area contributed by atoms with Crippen molar-refractivity contribution >= 4 is 46.5 Å². The number of carboxylic acid groups (broad SMARTS) is 2. The first-order valence-corrected chi connectivity index (χ1v) is 12.0. The zero-order chi connectivity index (χ0) is 29.7. The van der Waals surface area contributed by atoms with E-state index in [4.69, 9.17) is 32.0 Å². The van der Waals surface area contributed by atoms with Crippen molar-refractivity contribution in [3.05, 3.63) is 71.8 Å². The van der Waals surface area contributed by atoms with Crippen molar-refractivity contribution < 1.29 is 39.2 Å². The molecule has 0 saturated carbocycles. The fraction of sp³-hybridized carbons (Fsp3) is 0.185. The SMILES string of the molecule is CC(=O)Nc1cc(-c2ccc(N(C)C)cc2)cn2c(-c3ccc(F)c(Cl)c3)cnc12.O=C(O)[C@H](O)[C@@H](O)C(=O)O. The van der Waals surface area contributed by atoms with Gasteiger partial charge < -0.3 is 30.6 Å². The van der Waals surface area contributed by atoms with Crippen LogP contribution in [-0.4, -0.2) is 74.0 Å². The number of amides is 1. The molecule has 13 heteroatoms. The Morgan fingerprint density at radius 3 is 2.02 bits per heavy atom. The zero-order valence-electron chi connectivity index (χ0n) is 21.5. The van der Waals surface area contributed by atoms with E-state index in [1.54, 1.807) is 18.3 Å². The quantitative estimate of drug-likeness (QED) is 0.223. The summed E-state index contributed by atoms with van der Waals surface area (Å²) in [4.78, 5) is 37.8. The number of halogens is 2. The number of hydrogen-bond acceptors (Lipinski definition) is 7. The van der Waals surface area contributed by atoms with Crippen LogP contribution in [-0.2, 0) is 14.4 Å². The summed E-state index contributed by atoms with van der Waals surface area (Å²) in [6.07, 6.45) is -0.899. The average Bonchev–Trinajstić information content (AvgIpc) is 3.33. The maximum absolute atomic E-state index is 13.6. The first-order valence-electron chi connectivity index (χ1n) is 11.6. The van der Waals surface area contributed by atoms with Crippen LogP contribution in [0.4, 0.5) is 15.8 Å². The highest BCUT2D eigenvalue weighted by Gasteiger charge is 2.29. The van der Waals surface area contributed by atoms with Crippen LogP contribution in [0.15, 0.2) is 60.9 Å². The molecule has 2 aromatic carbocycles. The van der Waals surface area contributed by atoms with Gasteiger partial charge in [0.05, 0.1) is 22.6 Å². The number of nitrogens with one attached hydrogen (secondary N) is 1. The lowest BCUT2D eigenvalue weighted by Gasteiger charge is -2.14. The summed E-state index contributed by atoms with van der Waals surface area (Å²) in [5.74, 6) is -4.20. The second-order valence-electron chi connectivity index (χ2n) is 8.80. The van der Waals surface area contributed by atoms with Crippen molar-refractivity contribution in [2.75, 3.05) is 24.3 Å². The van der Waals surface area contributed by atoms with Crippen molar-refractivity contribution in [3.8, 4) is 22.4 Å². The van der Waals surface area contributed by atoms with Gasteiger partial charge in [0.25, 0.3) is 0 Å². The van der Waals surface area contributed by atoms with E-state index in [0.29, 0.717) is 11.3 Å². The molecule has 0 radical (unpaired) electrons. The fourth-order valence-electron chi connectivity index (χ4n) is 3.62. The molecular weight excluding hydrogens is 547 g/mol. The second-order valence-corrected chi connectivity index (χ2v) is 9.20. The molecule has 0 fully saturated rings. The maximum Gasteiger partial charge on any atom is 0.335 e. The van der Waals surface area contributed by atoms with Crippen molar-refractivity contribution in [2.24, 2.45) is 0 Å². The van der Waals surface area contributed by atoms with E-state index in [1.165, 1.54) is 13.0 Å². The van der Waals surface area contributed by atoms with Gasteiger partial charge in [-0.05, 0) is 42.0 Å². The molecule has 210 valence electrons. The Balaban J connectivity index is 0.000000378. The molecule has 2 atom stereocenters. The molecular formula is C27H26ClFN4O7. The van der Waals surface area contributed by atoms with Crippen LogP contribution in [0.2, 0.25) is 5.02 Å². The van der Waals surface area contributed by atoms with Crippen LogP contribution in [0.3, 0.4) is 0 Å². The number of carbonyl (C=O) groups is 3.